The van der Waals surface area contributed by atoms with Gasteiger partial charge in [0, 0.05) is 31.0 Å². The van der Waals surface area contributed by atoms with Gasteiger partial charge in [0.25, 0.3) is 0 Å². The molecule has 1 amide bonds. The second kappa shape index (κ2) is 10.3. The van der Waals surface area contributed by atoms with Crippen molar-refractivity contribution in [3.8, 4) is 0 Å². The van der Waals surface area contributed by atoms with E-state index in [4.69, 9.17) is 0 Å². The number of halogens is 2. The average molecular weight is 374 g/mol. The maximum absolute atomic E-state index is 12.5. The Labute approximate surface area is 155 Å². The predicted molar refractivity (Wildman–Crippen MR) is 102 cm³/mol. The van der Waals surface area contributed by atoms with Crippen molar-refractivity contribution in [3.63, 3.8) is 0 Å². The SMILES string of the molecule is CNC(C(=O)Nc1cccc(CN(C)C)c1)c1cnn(C)c1.Cl.Cl. The lowest BCUT2D eigenvalue weighted by molar-refractivity contribution is -0.118. The number of benzene rings is 1. The van der Waals surface area contributed by atoms with E-state index in [0.717, 1.165) is 23.4 Å². The van der Waals surface area contributed by atoms with Crippen LogP contribution in [0.3, 0.4) is 0 Å². The molecule has 0 radical (unpaired) electrons. The van der Waals surface area contributed by atoms with Crippen LogP contribution in [0.1, 0.15) is 17.2 Å². The standard InChI is InChI=1S/C16H23N5O.2ClH/c1-17-15(13-9-18-21(4)11-13)16(22)19-14-7-5-6-12(8-14)10-20(2)3;;/h5-9,11,15,17H,10H2,1-4H3,(H,19,22);2*1H. The van der Waals surface area contributed by atoms with Crippen molar-refractivity contribution < 1.29 is 4.79 Å². The van der Waals surface area contributed by atoms with Gasteiger partial charge in [-0.05, 0) is 38.8 Å². The third-order valence-corrected chi connectivity index (χ3v) is 3.30. The molecule has 0 fully saturated rings. The molecule has 6 nitrogen and oxygen atoms in total. The van der Waals surface area contributed by atoms with Crippen LogP contribution in [0.15, 0.2) is 36.7 Å². The number of nitrogens with zero attached hydrogens (tertiary/aromatic N) is 3. The first kappa shape index (κ1) is 22.4. The van der Waals surface area contributed by atoms with Gasteiger partial charge in [0.2, 0.25) is 5.91 Å². The zero-order chi connectivity index (χ0) is 16.1. The molecule has 134 valence electrons. The van der Waals surface area contributed by atoms with Gasteiger partial charge >= 0.3 is 0 Å². The Kier molecular flexibility index (Phi) is 9.62. The van der Waals surface area contributed by atoms with Gasteiger partial charge in [0.05, 0.1) is 6.20 Å². The summed E-state index contributed by atoms with van der Waals surface area (Å²) in [5.41, 5.74) is 2.80. The normalized spacial score (nSPS) is 11.4. The summed E-state index contributed by atoms with van der Waals surface area (Å²) in [6, 6.07) is 7.46. The Morgan fingerprint density at radius 1 is 1.33 bits per heavy atom. The summed E-state index contributed by atoms with van der Waals surface area (Å²) in [4.78, 5) is 14.6. The van der Waals surface area contributed by atoms with Crippen molar-refractivity contribution in [1.82, 2.24) is 20.0 Å². The molecule has 0 spiro atoms. The number of carbonyl (C=O) groups is 1. The van der Waals surface area contributed by atoms with Gasteiger partial charge in [-0.15, -0.1) is 24.8 Å². The highest BCUT2D eigenvalue weighted by Gasteiger charge is 2.20. The van der Waals surface area contributed by atoms with E-state index in [1.807, 2.05) is 51.6 Å². The molecule has 0 saturated heterocycles. The molecule has 0 aliphatic rings. The van der Waals surface area contributed by atoms with Crippen molar-refractivity contribution in [2.45, 2.75) is 12.6 Å². The van der Waals surface area contributed by atoms with Crippen LogP contribution >= 0.6 is 24.8 Å². The molecule has 2 rings (SSSR count). The minimum Gasteiger partial charge on any atom is -0.324 e. The lowest BCUT2D eigenvalue weighted by Crippen LogP contribution is -2.30. The highest BCUT2D eigenvalue weighted by molar-refractivity contribution is 5.95. The van der Waals surface area contributed by atoms with Gasteiger partial charge in [0.15, 0.2) is 0 Å². The molecule has 1 aromatic carbocycles. The molecular formula is C16H25Cl2N5O. The number of rotatable bonds is 6. The Bertz CT molecular complexity index is 645. The number of hydrogen-bond acceptors (Lipinski definition) is 4. The molecule has 2 aromatic rings. The molecule has 0 bridgehead atoms. The second-order valence-corrected chi connectivity index (χ2v) is 5.60. The fourth-order valence-corrected chi connectivity index (χ4v) is 2.37. The molecule has 0 aliphatic carbocycles. The number of amides is 1. The average Bonchev–Trinajstić information content (AvgIpc) is 2.85. The van der Waals surface area contributed by atoms with Crippen LogP contribution in [-0.4, -0.2) is 41.7 Å². The van der Waals surface area contributed by atoms with Crippen LogP contribution in [-0.2, 0) is 18.4 Å². The molecule has 1 heterocycles. The van der Waals surface area contributed by atoms with Crippen molar-refractivity contribution in [1.29, 1.82) is 0 Å². The molecule has 0 aliphatic heterocycles. The summed E-state index contributed by atoms with van der Waals surface area (Å²) >= 11 is 0. The summed E-state index contributed by atoms with van der Waals surface area (Å²) in [5.74, 6) is -0.0995. The van der Waals surface area contributed by atoms with Crippen molar-refractivity contribution in [2.75, 3.05) is 26.5 Å². The number of carbonyl (C=O) groups excluding carboxylic acids is 1. The Morgan fingerprint density at radius 3 is 2.58 bits per heavy atom. The molecule has 24 heavy (non-hydrogen) atoms. The minimum absolute atomic E-state index is 0. The third kappa shape index (κ3) is 6.13. The number of nitrogens with one attached hydrogen (secondary N) is 2. The van der Waals surface area contributed by atoms with Gasteiger partial charge in [-0.1, -0.05) is 12.1 Å². The van der Waals surface area contributed by atoms with Crippen LogP contribution in [0.25, 0.3) is 0 Å². The fourth-order valence-electron chi connectivity index (χ4n) is 2.37. The maximum atomic E-state index is 12.5. The van der Waals surface area contributed by atoms with Gasteiger partial charge in [-0.2, -0.15) is 5.10 Å². The Morgan fingerprint density at radius 2 is 2.04 bits per heavy atom. The van der Waals surface area contributed by atoms with Crippen LogP contribution < -0.4 is 10.6 Å². The summed E-state index contributed by atoms with van der Waals surface area (Å²) in [7, 11) is 7.63. The lowest BCUT2D eigenvalue weighted by atomic mass is 10.1. The van der Waals surface area contributed by atoms with Gasteiger partial charge in [0.1, 0.15) is 6.04 Å². The first-order chi connectivity index (χ1) is 10.5. The van der Waals surface area contributed by atoms with Crippen LogP contribution in [0.5, 0.6) is 0 Å². The first-order valence-corrected chi connectivity index (χ1v) is 7.20. The van der Waals surface area contributed by atoms with E-state index in [-0.39, 0.29) is 30.7 Å². The van der Waals surface area contributed by atoms with E-state index in [9.17, 15) is 4.79 Å². The van der Waals surface area contributed by atoms with E-state index in [1.54, 1.807) is 17.9 Å². The first-order valence-electron chi connectivity index (χ1n) is 7.20. The van der Waals surface area contributed by atoms with Gasteiger partial charge in [-0.3, -0.25) is 9.48 Å². The molecule has 2 N–H and O–H groups in total. The molecule has 8 heteroatoms. The van der Waals surface area contributed by atoms with Gasteiger partial charge in [-0.25, -0.2) is 0 Å². The van der Waals surface area contributed by atoms with Crippen LogP contribution in [0.2, 0.25) is 0 Å². The highest BCUT2D eigenvalue weighted by Crippen LogP contribution is 2.16. The largest absolute Gasteiger partial charge is 0.324 e. The summed E-state index contributed by atoms with van der Waals surface area (Å²) in [6.45, 7) is 0.835. The smallest absolute Gasteiger partial charge is 0.246 e. The lowest BCUT2D eigenvalue weighted by Gasteiger charge is -2.16. The fraction of sp³-hybridized carbons (Fsp3) is 0.375. The van der Waals surface area contributed by atoms with Crippen molar-refractivity contribution >= 4 is 36.4 Å². The molecule has 1 aromatic heterocycles. The topological polar surface area (TPSA) is 62.2 Å². The zero-order valence-corrected chi connectivity index (χ0v) is 15.9. The third-order valence-electron chi connectivity index (χ3n) is 3.30. The van der Waals surface area contributed by atoms with E-state index < -0.39 is 6.04 Å². The summed E-state index contributed by atoms with van der Waals surface area (Å²) < 4.78 is 1.69. The Balaban J connectivity index is 0.00000264. The Hall–Kier alpha value is -1.60. The maximum Gasteiger partial charge on any atom is 0.246 e. The number of aromatic nitrogens is 2. The molecular weight excluding hydrogens is 349 g/mol. The monoisotopic (exact) mass is 373 g/mol. The van der Waals surface area contributed by atoms with Crippen molar-refractivity contribution in [3.05, 3.63) is 47.8 Å². The molecule has 0 saturated carbocycles. The number of likely N-dealkylation sites (N-methyl/N-ethyl adjacent to an activating group) is 1. The van der Waals surface area contributed by atoms with E-state index in [1.165, 1.54) is 0 Å². The quantitative estimate of drug-likeness (QED) is 0.814. The second-order valence-electron chi connectivity index (χ2n) is 5.60. The predicted octanol–water partition coefficient (Wildman–Crippen LogP) is 2.22. The molecule has 1 unspecified atom stereocenters. The molecule has 1 atom stereocenters. The van der Waals surface area contributed by atoms with Crippen molar-refractivity contribution in [2.24, 2.45) is 7.05 Å². The van der Waals surface area contributed by atoms with E-state index in [0.29, 0.717) is 0 Å². The van der Waals surface area contributed by atoms with Crippen LogP contribution in [0, 0.1) is 0 Å². The number of anilines is 1. The number of hydrogen-bond donors (Lipinski definition) is 2. The zero-order valence-electron chi connectivity index (χ0n) is 14.3. The van der Waals surface area contributed by atoms with Gasteiger partial charge < -0.3 is 15.5 Å². The van der Waals surface area contributed by atoms with Crippen LogP contribution in [0.4, 0.5) is 5.69 Å². The summed E-state index contributed by atoms with van der Waals surface area (Å²) in [6.07, 6.45) is 3.53. The highest BCUT2D eigenvalue weighted by atomic mass is 35.5. The minimum atomic E-state index is -0.425. The summed E-state index contributed by atoms with van der Waals surface area (Å²) in [5, 5.41) is 10.1. The van der Waals surface area contributed by atoms with E-state index in [2.05, 4.69) is 20.6 Å². The number of aryl methyl sites for hydroxylation is 1. The van der Waals surface area contributed by atoms with E-state index >= 15 is 0 Å².